The number of fused-ring (bicyclic) bond motifs is 8. The summed E-state index contributed by atoms with van der Waals surface area (Å²) in [5.41, 5.74) is 10.4. The molecule has 2 N–H and O–H groups in total. The fourth-order valence-corrected chi connectivity index (χ4v) is 12.1. The Balaban J connectivity index is 1.33. The second-order valence-electron chi connectivity index (χ2n) is 18.4. The molecular weight excluding hydrogens is 1160 g/mol. The first-order chi connectivity index (χ1) is 39.0. The summed E-state index contributed by atoms with van der Waals surface area (Å²) in [7, 11) is 0. The summed E-state index contributed by atoms with van der Waals surface area (Å²) in [5, 5.41) is 3.40. The fraction of sp³-hybridized carbons (Fsp3) is 0. The van der Waals surface area contributed by atoms with E-state index >= 15 is 0 Å². The van der Waals surface area contributed by atoms with Gasteiger partial charge in [-0.3, -0.25) is 0 Å². The summed E-state index contributed by atoms with van der Waals surface area (Å²) >= 11 is 58.3. The van der Waals surface area contributed by atoms with Crippen LogP contribution >= 0.6 is 92.8 Å². The molecule has 0 saturated heterocycles. The van der Waals surface area contributed by atoms with Gasteiger partial charge in [-0.1, -0.05) is 238 Å². The number of nitrogens with zero attached hydrogens (tertiary/aromatic N) is 6. The third-order valence-corrected chi connectivity index (χ3v) is 16.4. The van der Waals surface area contributed by atoms with E-state index in [4.69, 9.17) is 123 Å². The van der Waals surface area contributed by atoms with Crippen molar-refractivity contribution in [3.8, 4) is 44.5 Å². The molecule has 5 heterocycles. The van der Waals surface area contributed by atoms with E-state index in [2.05, 4.69) is 9.97 Å². The maximum Gasteiger partial charge on any atom is 0.165 e. The second kappa shape index (κ2) is 21.5. The van der Waals surface area contributed by atoms with Gasteiger partial charge in [0, 0.05) is 129 Å². The molecule has 0 fully saturated rings. The number of rotatable bonds is 8. The van der Waals surface area contributed by atoms with Crippen LogP contribution in [0.2, 0.25) is 40.2 Å². The van der Waals surface area contributed by atoms with Gasteiger partial charge < -0.3 is 9.97 Å². The van der Waals surface area contributed by atoms with Crippen molar-refractivity contribution in [2.45, 2.75) is 0 Å². The van der Waals surface area contributed by atoms with Crippen LogP contribution in [-0.2, 0) is 0 Å². The average molecular weight is 1200 g/mol. The molecule has 80 heavy (non-hydrogen) atoms. The summed E-state index contributed by atoms with van der Waals surface area (Å²) in [4.78, 5) is 40.4. The standard InChI is InChI=1S/C64H34Cl8N8/c65-41-25-9-1-17-33(41)49-50(34-18-2-10-26-42(34)66)58-73-57(49)77-59-51(35-19-3-11-27-43(35)67)52(36-20-4-12-28-44(36)68)61(74-59)79-63-55(39-23-7-15-31-47(39)71)56(40-24-8-16-32-48(40)72)64(76-63)80-62-54(38-22-6-14-30-46(38)70)53(60(75-62)78-58)37-21-5-13-29-45(37)69/h1-32H,(H2,73,74,75,76,77,78,79,80). The average Bonchev–Trinajstić information content (AvgIpc) is 4.35. The molecule has 16 heteroatoms. The number of benzene rings is 8. The number of H-pyrrole nitrogens is 2. The summed E-state index contributed by atoms with van der Waals surface area (Å²) in [6, 6.07) is 59.9. The highest BCUT2D eigenvalue weighted by molar-refractivity contribution is 6.38. The highest BCUT2D eigenvalue weighted by Crippen LogP contribution is 2.49. The van der Waals surface area contributed by atoms with Crippen molar-refractivity contribution < 1.29 is 0 Å². The molecule has 8 nitrogen and oxygen atoms in total. The largest absolute Gasteiger partial charge is 0.324 e. The van der Waals surface area contributed by atoms with Crippen LogP contribution in [0.15, 0.2) is 194 Å². The lowest BCUT2D eigenvalue weighted by molar-refractivity contribution is 1.10. The summed E-state index contributed by atoms with van der Waals surface area (Å²) in [6.45, 7) is 0. The molecule has 0 saturated carbocycles. The summed E-state index contributed by atoms with van der Waals surface area (Å²) < 4.78 is 0. The maximum atomic E-state index is 7.28. The smallest absolute Gasteiger partial charge is 0.165 e. The lowest BCUT2D eigenvalue weighted by Crippen LogP contribution is -1.96. The maximum absolute atomic E-state index is 7.28. The zero-order valence-corrected chi connectivity index (χ0v) is 47.2. The molecule has 0 amide bonds. The highest BCUT2D eigenvalue weighted by Gasteiger charge is 2.33. The number of aromatic amines is 2. The van der Waals surface area contributed by atoms with E-state index in [1.165, 1.54) is 0 Å². The Kier molecular flexibility index (Phi) is 13.9. The molecular formula is C64H34Cl8N8. The molecule has 13 rings (SSSR count). The molecule has 2 aliphatic rings. The third kappa shape index (κ3) is 9.16. The van der Waals surface area contributed by atoms with Crippen LogP contribution in [-0.4, -0.2) is 39.9 Å². The van der Waals surface area contributed by atoms with E-state index < -0.39 is 0 Å². The van der Waals surface area contributed by atoms with Gasteiger partial charge in [0.1, 0.15) is 22.6 Å². The van der Waals surface area contributed by atoms with Crippen LogP contribution in [0.4, 0.5) is 0 Å². The van der Waals surface area contributed by atoms with Gasteiger partial charge in [0.15, 0.2) is 23.3 Å². The Bertz CT molecular complexity index is 4050. The number of nitrogens with one attached hydrogen (secondary N) is 2. The van der Waals surface area contributed by atoms with Gasteiger partial charge in [-0.25, -0.2) is 29.9 Å². The van der Waals surface area contributed by atoms with Crippen molar-refractivity contribution in [2.24, 2.45) is 0 Å². The highest BCUT2D eigenvalue weighted by atomic mass is 35.5. The minimum atomic E-state index is 0.222. The first-order valence-corrected chi connectivity index (χ1v) is 27.8. The van der Waals surface area contributed by atoms with Crippen molar-refractivity contribution in [1.82, 2.24) is 39.9 Å². The first-order valence-electron chi connectivity index (χ1n) is 24.8. The SMILES string of the molecule is Clc1ccccc1C1=C(c2ccccc2Cl)c2nc1nc1[nH]c(nc3nc(nc4[nH]c(n2)c(-c2ccccc2Cl)c4-c2ccccc2Cl)C(c2ccccc2Cl)=C3c2ccccc2Cl)c(-c2ccccc2Cl)c1-c1ccccc1Cl. The zero-order valence-electron chi connectivity index (χ0n) is 41.2. The minimum Gasteiger partial charge on any atom is -0.324 e. The van der Waals surface area contributed by atoms with Gasteiger partial charge in [-0.05, 0) is 48.5 Å². The zero-order chi connectivity index (χ0) is 54.8. The Labute approximate surface area is 498 Å². The third-order valence-electron chi connectivity index (χ3n) is 13.8. The summed E-state index contributed by atoms with van der Waals surface area (Å²) in [5.74, 6) is 0.886. The van der Waals surface area contributed by atoms with Crippen molar-refractivity contribution in [1.29, 1.82) is 0 Å². The Morgan fingerprint density at radius 3 is 0.537 bits per heavy atom. The van der Waals surface area contributed by atoms with Gasteiger partial charge in [-0.2, -0.15) is 0 Å². The Hall–Kier alpha value is -7.60. The molecule has 0 atom stereocenters. The molecule has 2 aliphatic heterocycles. The van der Waals surface area contributed by atoms with Crippen molar-refractivity contribution >= 4 is 138 Å². The molecule has 11 aromatic rings. The molecule has 386 valence electrons. The van der Waals surface area contributed by atoms with Crippen LogP contribution in [0, 0.1) is 0 Å². The first kappa shape index (κ1) is 51.8. The van der Waals surface area contributed by atoms with Crippen LogP contribution in [0.5, 0.6) is 0 Å². The molecule has 0 unspecified atom stereocenters. The Morgan fingerprint density at radius 1 is 0.200 bits per heavy atom. The topological polar surface area (TPSA) is 109 Å². The molecule has 0 spiro atoms. The number of hydrogen-bond donors (Lipinski definition) is 2. The van der Waals surface area contributed by atoms with Crippen LogP contribution in [0.3, 0.4) is 0 Å². The fourth-order valence-electron chi connectivity index (χ4n) is 10.3. The van der Waals surface area contributed by atoms with Gasteiger partial charge in [-0.15, -0.1) is 0 Å². The van der Waals surface area contributed by atoms with Crippen molar-refractivity contribution in [3.05, 3.63) is 280 Å². The van der Waals surface area contributed by atoms with Crippen LogP contribution < -0.4 is 0 Å². The molecule has 3 aromatic heterocycles. The second-order valence-corrected chi connectivity index (χ2v) is 21.7. The summed E-state index contributed by atoms with van der Waals surface area (Å²) in [6.07, 6.45) is 0. The van der Waals surface area contributed by atoms with Gasteiger partial charge in [0.25, 0.3) is 0 Å². The molecule has 0 radical (unpaired) electrons. The Morgan fingerprint density at radius 2 is 0.362 bits per heavy atom. The molecule has 8 bridgehead atoms. The van der Waals surface area contributed by atoms with Crippen molar-refractivity contribution in [3.63, 3.8) is 0 Å². The van der Waals surface area contributed by atoms with E-state index in [9.17, 15) is 0 Å². The van der Waals surface area contributed by atoms with E-state index in [-0.39, 0.29) is 23.3 Å². The van der Waals surface area contributed by atoms with Gasteiger partial charge in [0.05, 0.1) is 0 Å². The number of hydrogen-bond acceptors (Lipinski definition) is 6. The van der Waals surface area contributed by atoms with Crippen LogP contribution in [0.25, 0.3) is 89.4 Å². The van der Waals surface area contributed by atoms with Gasteiger partial charge in [0.2, 0.25) is 0 Å². The lowest BCUT2D eigenvalue weighted by atomic mass is 9.94. The predicted octanol–water partition coefficient (Wildman–Crippen LogP) is 19.8. The van der Waals surface area contributed by atoms with Crippen molar-refractivity contribution in [2.75, 3.05) is 0 Å². The molecule has 8 aromatic carbocycles. The minimum absolute atomic E-state index is 0.222. The number of halogens is 8. The van der Waals surface area contributed by atoms with E-state index in [1.54, 1.807) is 0 Å². The van der Waals surface area contributed by atoms with E-state index in [1.807, 2.05) is 194 Å². The van der Waals surface area contributed by atoms with Crippen LogP contribution in [0.1, 0.15) is 45.6 Å². The van der Waals surface area contributed by atoms with Gasteiger partial charge >= 0.3 is 0 Å². The quantitative estimate of drug-likeness (QED) is 0.157. The van der Waals surface area contributed by atoms with E-state index in [0.29, 0.717) is 152 Å². The van der Waals surface area contributed by atoms with E-state index in [0.717, 1.165) is 0 Å². The predicted molar refractivity (Wildman–Crippen MR) is 330 cm³/mol. The normalized spacial score (nSPS) is 12.4. The number of aromatic nitrogens is 8. The molecule has 0 aliphatic carbocycles. The monoisotopic (exact) mass is 1190 g/mol. The lowest BCUT2D eigenvalue weighted by Gasteiger charge is -2.12.